The number of nitrogens with one attached hydrogen (secondary N) is 1. The molecule has 0 aliphatic rings. The predicted molar refractivity (Wildman–Crippen MR) is 121 cm³/mol. The number of unbranched alkanes of at least 4 members (excludes halogenated alkanes) is 3. The smallest absolute Gasteiger partial charge is 0.162 e. The molecule has 0 fully saturated rings. The van der Waals surface area contributed by atoms with Gasteiger partial charge in [-0.15, -0.1) is 0 Å². The first kappa shape index (κ1) is 23.7. The number of hydrogen-bond donors (Lipinski definition) is 2. The summed E-state index contributed by atoms with van der Waals surface area (Å²) in [6.07, 6.45) is 5.22. The molecule has 0 unspecified atom stereocenters. The van der Waals surface area contributed by atoms with Crippen molar-refractivity contribution in [2.75, 3.05) is 25.6 Å². The van der Waals surface area contributed by atoms with Crippen LogP contribution >= 0.6 is 11.6 Å². The number of carbonyl (C=O) groups is 1. The summed E-state index contributed by atoms with van der Waals surface area (Å²) in [6.45, 7) is 0.0967. The predicted octanol–water partition coefficient (Wildman–Crippen LogP) is 5.07. The quantitative estimate of drug-likeness (QED) is 0.364. The molecule has 32 heavy (non-hydrogen) atoms. The molecule has 1 aromatic heterocycles. The van der Waals surface area contributed by atoms with E-state index in [1.54, 1.807) is 19.2 Å². The van der Waals surface area contributed by atoms with Crippen molar-refractivity contribution in [3.63, 3.8) is 0 Å². The Hall–Kier alpha value is -2.97. The minimum Gasteiger partial charge on any atom is -0.493 e. The van der Waals surface area contributed by atoms with Gasteiger partial charge in [-0.1, -0.05) is 24.4 Å². The van der Waals surface area contributed by atoms with Crippen LogP contribution in [-0.2, 0) is 4.79 Å². The number of halogens is 2. The number of nitrogens with zero attached hydrogens (tertiary/aromatic N) is 2. The number of Topliss-reactive ketones (excluding diaryl/α,β-unsaturated/α-hetero) is 1. The van der Waals surface area contributed by atoms with Gasteiger partial charge in [0, 0.05) is 23.6 Å². The molecule has 0 amide bonds. The Labute approximate surface area is 190 Å². The summed E-state index contributed by atoms with van der Waals surface area (Å²) in [5, 5.41) is 12.6. The van der Waals surface area contributed by atoms with Crippen molar-refractivity contribution in [2.24, 2.45) is 0 Å². The summed E-state index contributed by atoms with van der Waals surface area (Å²) in [4.78, 5) is 19.7. The third kappa shape index (κ3) is 6.27. The molecular weight excluding hydrogens is 437 g/mol. The zero-order chi connectivity index (χ0) is 22.9. The summed E-state index contributed by atoms with van der Waals surface area (Å²) in [5.41, 5.74) is 1.25. The average Bonchev–Trinajstić information content (AvgIpc) is 2.80. The average molecular weight is 462 g/mol. The summed E-state index contributed by atoms with van der Waals surface area (Å²) < 4.78 is 24.8. The van der Waals surface area contributed by atoms with Gasteiger partial charge in [0.05, 0.1) is 24.3 Å². The molecule has 7 nitrogen and oxygen atoms in total. The molecule has 0 aliphatic heterocycles. The second-order valence-electron chi connectivity index (χ2n) is 7.21. The Bertz CT molecular complexity index is 1080. The molecule has 2 aromatic carbocycles. The van der Waals surface area contributed by atoms with Gasteiger partial charge >= 0.3 is 0 Å². The van der Waals surface area contributed by atoms with E-state index in [0.717, 1.165) is 25.7 Å². The SMILES string of the molecule is COc1cc2ncnc(Nc3ccc(F)c(Cl)c3)c2cc1OCCCCCCC(=O)CO. The molecule has 0 spiro atoms. The zero-order valence-electron chi connectivity index (χ0n) is 17.7. The van der Waals surface area contributed by atoms with Gasteiger partial charge in [0.15, 0.2) is 17.3 Å². The van der Waals surface area contributed by atoms with E-state index in [4.69, 9.17) is 26.2 Å². The molecular formula is C23H25ClFN3O4. The van der Waals surface area contributed by atoms with Gasteiger partial charge in [0.25, 0.3) is 0 Å². The van der Waals surface area contributed by atoms with Crippen LogP contribution in [0, 0.1) is 5.82 Å². The standard InChI is InChI=1S/C23H25ClFN3O4/c1-31-21-12-20-17(11-22(21)32-9-5-3-2-4-6-16(30)13-29)23(27-14-26-20)28-15-7-8-19(25)18(24)10-15/h7-8,10-12,14,29H,2-6,9,13H2,1H3,(H,26,27,28). The molecule has 0 saturated heterocycles. The van der Waals surface area contributed by atoms with Crippen LogP contribution in [0.15, 0.2) is 36.7 Å². The third-order valence-electron chi connectivity index (χ3n) is 4.89. The number of aromatic nitrogens is 2. The maximum absolute atomic E-state index is 13.5. The van der Waals surface area contributed by atoms with Gasteiger partial charge in [-0.2, -0.15) is 0 Å². The molecule has 1 heterocycles. The first-order valence-electron chi connectivity index (χ1n) is 10.3. The zero-order valence-corrected chi connectivity index (χ0v) is 18.5. The third-order valence-corrected chi connectivity index (χ3v) is 5.18. The van der Waals surface area contributed by atoms with Gasteiger partial charge < -0.3 is 19.9 Å². The van der Waals surface area contributed by atoms with Crippen molar-refractivity contribution in [3.8, 4) is 11.5 Å². The first-order chi connectivity index (χ1) is 15.5. The van der Waals surface area contributed by atoms with Crippen LogP contribution in [0.4, 0.5) is 15.9 Å². The van der Waals surface area contributed by atoms with Crippen molar-refractivity contribution >= 4 is 39.8 Å². The first-order valence-corrected chi connectivity index (χ1v) is 10.7. The molecule has 0 atom stereocenters. The van der Waals surface area contributed by atoms with Crippen molar-refractivity contribution in [1.82, 2.24) is 9.97 Å². The molecule has 9 heteroatoms. The number of ketones is 1. The topological polar surface area (TPSA) is 93.6 Å². The maximum atomic E-state index is 13.5. The van der Waals surface area contributed by atoms with Gasteiger partial charge in [-0.05, 0) is 37.1 Å². The normalized spacial score (nSPS) is 10.9. The molecule has 0 radical (unpaired) electrons. The number of aliphatic hydroxyl groups excluding tert-OH is 1. The Morgan fingerprint density at radius 3 is 2.69 bits per heavy atom. The lowest BCUT2D eigenvalue weighted by molar-refractivity contribution is -0.121. The lowest BCUT2D eigenvalue weighted by atomic mass is 10.1. The second-order valence-corrected chi connectivity index (χ2v) is 7.61. The number of benzene rings is 2. The highest BCUT2D eigenvalue weighted by atomic mass is 35.5. The van der Waals surface area contributed by atoms with Crippen molar-refractivity contribution in [3.05, 3.63) is 47.5 Å². The van der Waals surface area contributed by atoms with E-state index in [-0.39, 0.29) is 17.4 Å². The highest BCUT2D eigenvalue weighted by Gasteiger charge is 2.12. The number of hydrogen-bond acceptors (Lipinski definition) is 7. The maximum Gasteiger partial charge on any atom is 0.162 e. The molecule has 170 valence electrons. The van der Waals surface area contributed by atoms with E-state index in [0.29, 0.717) is 46.9 Å². The van der Waals surface area contributed by atoms with Crippen molar-refractivity contribution in [2.45, 2.75) is 32.1 Å². The Morgan fingerprint density at radius 1 is 1.12 bits per heavy atom. The van der Waals surface area contributed by atoms with E-state index in [1.807, 2.05) is 6.07 Å². The van der Waals surface area contributed by atoms with E-state index in [9.17, 15) is 9.18 Å². The fourth-order valence-corrected chi connectivity index (χ4v) is 3.37. The Morgan fingerprint density at radius 2 is 1.94 bits per heavy atom. The Kier molecular flexibility index (Phi) is 8.58. The molecule has 3 aromatic rings. The van der Waals surface area contributed by atoms with Crippen LogP contribution in [-0.4, -0.2) is 41.2 Å². The van der Waals surface area contributed by atoms with Crippen molar-refractivity contribution in [1.29, 1.82) is 0 Å². The van der Waals surface area contributed by atoms with Crippen LogP contribution in [0.2, 0.25) is 5.02 Å². The van der Waals surface area contributed by atoms with Gasteiger partial charge in [0.1, 0.15) is 24.6 Å². The minimum absolute atomic E-state index is 0.0137. The largest absolute Gasteiger partial charge is 0.493 e. The van der Waals surface area contributed by atoms with Gasteiger partial charge in [-0.3, -0.25) is 4.79 Å². The van der Waals surface area contributed by atoms with Crippen LogP contribution in [0.1, 0.15) is 32.1 Å². The van der Waals surface area contributed by atoms with Crippen LogP contribution < -0.4 is 14.8 Å². The molecule has 3 rings (SSSR count). The van der Waals surface area contributed by atoms with Gasteiger partial charge in [-0.25, -0.2) is 14.4 Å². The lowest BCUT2D eigenvalue weighted by Crippen LogP contribution is -2.03. The number of rotatable bonds is 12. The highest BCUT2D eigenvalue weighted by Crippen LogP contribution is 2.35. The van der Waals surface area contributed by atoms with Crippen LogP contribution in [0.25, 0.3) is 10.9 Å². The minimum atomic E-state index is -0.495. The monoisotopic (exact) mass is 461 g/mol. The summed E-state index contributed by atoms with van der Waals surface area (Å²) in [6, 6.07) is 7.92. The number of carbonyl (C=O) groups excluding carboxylic acids is 1. The summed E-state index contributed by atoms with van der Waals surface area (Å²) in [7, 11) is 1.56. The fourth-order valence-electron chi connectivity index (χ4n) is 3.19. The summed E-state index contributed by atoms with van der Waals surface area (Å²) >= 11 is 5.88. The number of methoxy groups -OCH3 is 1. The second kappa shape index (κ2) is 11.6. The van der Waals surface area contributed by atoms with Crippen LogP contribution in [0.3, 0.4) is 0 Å². The Balaban J connectivity index is 1.69. The highest BCUT2D eigenvalue weighted by molar-refractivity contribution is 6.31. The van der Waals surface area contributed by atoms with E-state index in [1.165, 1.54) is 18.5 Å². The number of fused-ring (bicyclic) bond motifs is 1. The molecule has 2 N–H and O–H groups in total. The van der Waals surface area contributed by atoms with Crippen LogP contribution in [0.5, 0.6) is 11.5 Å². The van der Waals surface area contributed by atoms with Gasteiger partial charge in [0.2, 0.25) is 0 Å². The van der Waals surface area contributed by atoms with E-state index < -0.39 is 5.82 Å². The number of ether oxygens (including phenoxy) is 2. The fraction of sp³-hybridized carbons (Fsp3) is 0.348. The van der Waals surface area contributed by atoms with Crippen molar-refractivity contribution < 1.29 is 23.8 Å². The molecule has 0 aliphatic carbocycles. The van der Waals surface area contributed by atoms with E-state index >= 15 is 0 Å². The number of aliphatic hydroxyl groups is 1. The summed E-state index contributed by atoms with van der Waals surface area (Å²) in [5.74, 6) is 1.02. The van der Waals surface area contributed by atoms with E-state index in [2.05, 4.69) is 15.3 Å². The molecule has 0 bridgehead atoms. The molecule has 0 saturated carbocycles. The number of anilines is 2. The lowest BCUT2D eigenvalue weighted by Gasteiger charge is -2.14.